The Hall–Kier alpha value is -2.61. The van der Waals surface area contributed by atoms with Gasteiger partial charge in [-0.15, -0.1) is 0 Å². The van der Waals surface area contributed by atoms with Crippen molar-refractivity contribution >= 4 is 25.6 Å². The zero-order chi connectivity index (χ0) is 31.4. The molecule has 2 aromatic rings. The molecule has 3 rings (SSSR count). The van der Waals surface area contributed by atoms with Crippen LogP contribution in [0.25, 0.3) is 0 Å². The third-order valence-electron chi connectivity index (χ3n) is 7.55. The number of carbonyl (C=O) groups is 1. The highest BCUT2D eigenvalue weighted by Crippen LogP contribution is 2.42. The van der Waals surface area contributed by atoms with E-state index in [1.54, 1.807) is 20.8 Å². The molecule has 41 heavy (non-hydrogen) atoms. The molecule has 0 aromatic heterocycles. The molecule has 0 radical (unpaired) electrons. The number of sulfone groups is 2. The monoisotopic (exact) mass is 627 g/mol. The summed E-state index contributed by atoms with van der Waals surface area (Å²) < 4.78 is 129. The van der Waals surface area contributed by atoms with Crippen molar-refractivity contribution in [2.75, 3.05) is 13.1 Å². The molecule has 6 nitrogen and oxygen atoms in total. The minimum atomic E-state index is -5.20. The third-order valence-corrected chi connectivity index (χ3v) is 12.6. The van der Waals surface area contributed by atoms with Crippen molar-refractivity contribution in [3.8, 4) is 0 Å². The van der Waals surface area contributed by atoms with Gasteiger partial charge in [0, 0.05) is 18.7 Å². The van der Waals surface area contributed by atoms with Crippen LogP contribution in [0.15, 0.2) is 52.3 Å². The van der Waals surface area contributed by atoms with Crippen molar-refractivity contribution in [3.63, 3.8) is 0 Å². The lowest BCUT2D eigenvalue weighted by Crippen LogP contribution is -2.47. The molecule has 0 N–H and O–H groups in total. The fraction of sp³-hybridized carbons (Fsp3) is 0.519. The van der Waals surface area contributed by atoms with Crippen LogP contribution in [-0.2, 0) is 32.0 Å². The fourth-order valence-corrected chi connectivity index (χ4v) is 7.74. The minimum absolute atomic E-state index is 0.0514. The van der Waals surface area contributed by atoms with Gasteiger partial charge in [-0.05, 0) is 95.8 Å². The molecule has 0 saturated carbocycles. The SMILES string of the molecule is CC(C)(C)S(=O)(=O)c1ccc(C(=O)N2CCC(C(C)(C)S(=O)(=O)c3cc(C(F)(F)F)cc(C(F)(F)F)c3)CC2)cc1. The Balaban J connectivity index is 1.82. The maximum atomic E-state index is 13.5. The predicted octanol–water partition coefficient (Wildman–Crippen LogP) is 6.40. The first-order chi connectivity index (χ1) is 18.4. The molecule has 0 bridgehead atoms. The summed E-state index contributed by atoms with van der Waals surface area (Å²) in [5.74, 6) is -1.10. The quantitative estimate of drug-likeness (QED) is 0.358. The molecule has 0 spiro atoms. The van der Waals surface area contributed by atoms with E-state index in [1.165, 1.54) is 43.0 Å². The second-order valence-electron chi connectivity index (χ2n) is 11.6. The molecule has 2 aromatic carbocycles. The lowest BCUT2D eigenvalue weighted by molar-refractivity contribution is -0.143. The molecule has 1 aliphatic heterocycles. The smallest absolute Gasteiger partial charge is 0.339 e. The summed E-state index contributed by atoms with van der Waals surface area (Å²) >= 11 is 0. The Kier molecular flexibility index (Phi) is 8.49. The van der Waals surface area contributed by atoms with E-state index in [1.807, 2.05) is 0 Å². The molecular weight excluding hydrogens is 596 g/mol. The highest BCUT2D eigenvalue weighted by atomic mass is 32.2. The van der Waals surface area contributed by atoms with Gasteiger partial charge in [0.1, 0.15) is 0 Å². The topological polar surface area (TPSA) is 88.6 Å². The lowest BCUT2D eigenvalue weighted by Gasteiger charge is -2.40. The Labute approximate surface area is 235 Å². The molecule has 1 aliphatic rings. The van der Waals surface area contributed by atoms with Crippen LogP contribution in [-0.4, -0.2) is 50.2 Å². The van der Waals surface area contributed by atoms with Gasteiger partial charge in [0.05, 0.1) is 30.4 Å². The van der Waals surface area contributed by atoms with E-state index < -0.39 is 69.4 Å². The van der Waals surface area contributed by atoms with E-state index in [0.29, 0.717) is 0 Å². The van der Waals surface area contributed by atoms with Crippen LogP contribution in [0, 0.1) is 5.92 Å². The molecule has 1 heterocycles. The third kappa shape index (κ3) is 6.42. The number of halogens is 6. The highest BCUT2D eigenvalue weighted by molar-refractivity contribution is 7.93. The second-order valence-corrected chi connectivity index (χ2v) is 16.8. The van der Waals surface area contributed by atoms with Crippen LogP contribution >= 0.6 is 0 Å². The van der Waals surface area contributed by atoms with Crippen LogP contribution in [0.2, 0.25) is 0 Å². The summed E-state index contributed by atoms with van der Waals surface area (Å²) in [6.45, 7) is 7.33. The molecule has 1 saturated heterocycles. The van der Waals surface area contributed by atoms with Gasteiger partial charge in [-0.25, -0.2) is 16.8 Å². The maximum absolute atomic E-state index is 13.5. The van der Waals surface area contributed by atoms with Crippen molar-refractivity contribution in [3.05, 3.63) is 59.2 Å². The van der Waals surface area contributed by atoms with Crippen LogP contribution < -0.4 is 0 Å². The van der Waals surface area contributed by atoms with Crippen molar-refractivity contribution in [2.24, 2.45) is 5.92 Å². The number of hydrogen-bond donors (Lipinski definition) is 0. The Morgan fingerprint density at radius 2 is 1.15 bits per heavy atom. The number of carbonyl (C=O) groups excluding carboxylic acids is 1. The minimum Gasteiger partial charge on any atom is -0.339 e. The van der Waals surface area contributed by atoms with Gasteiger partial charge in [-0.2, -0.15) is 26.3 Å². The number of hydrogen-bond acceptors (Lipinski definition) is 5. The molecule has 0 atom stereocenters. The van der Waals surface area contributed by atoms with Gasteiger partial charge >= 0.3 is 12.4 Å². The molecule has 1 amide bonds. The number of piperidine rings is 1. The maximum Gasteiger partial charge on any atom is 0.416 e. The summed E-state index contributed by atoms with van der Waals surface area (Å²) in [5.41, 5.74) is -3.22. The second kappa shape index (κ2) is 10.6. The van der Waals surface area contributed by atoms with E-state index in [4.69, 9.17) is 0 Å². The normalized spacial score (nSPS) is 16.6. The molecular formula is C27H31F6NO5S2. The first-order valence-corrected chi connectivity index (χ1v) is 15.6. The van der Waals surface area contributed by atoms with Gasteiger partial charge in [0.2, 0.25) is 0 Å². The van der Waals surface area contributed by atoms with Crippen LogP contribution in [0.4, 0.5) is 26.3 Å². The van der Waals surface area contributed by atoms with E-state index in [0.717, 1.165) is 0 Å². The van der Waals surface area contributed by atoms with E-state index in [-0.39, 0.29) is 54.6 Å². The Morgan fingerprint density at radius 1 is 0.707 bits per heavy atom. The Morgan fingerprint density at radius 3 is 1.54 bits per heavy atom. The largest absolute Gasteiger partial charge is 0.416 e. The summed E-state index contributed by atoms with van der Waals surface area (Å²) in [5, 5.41) is 0. The summed E-state index contributed by atoms with van der Waals surface area (Å²) in [7, 11) is -8.32. The molecule has 14 heteroatoms. The van der Waals surface area contributed by atoms with Crippen LogP contribution in [0.5, 0.6) is 0 Å². The van der Waals surface area contributed by atoms with Gasteiger partial charge in [0.25, 0.3) is 5.91 Å². The van der Waals surface area contributed by atoms with Crippen molar-refractivity contribution < 1.29 is 48.0 Å². The van der Waals surface area contributed by atoms with Gasteiger partial charge in [-0.3, -0.25) is 4.79 Å². The number of benzene rings is 2. The standard InChI is InChI=1S/C27H31F6NO5S2/c1-24(2,3)40(36,37)21-8-6-17(7-9-21)23(35)34-12-10-18(11-13-34)25(4,5)41(38,39)22-15-19(26(28,29)30)14-20(16-22)27(31,32)33/h6-9,14-16,18H,10-13H2,1-5H3. The van der Waals surface area contributed by atoms with Crippen molar-refractivity contribution in [2.45, 2.75) is 79.1 Å². The highest BCUT2D eigenvalue weighted by Gasteiger charge is 2.46. The zero-order valence-corrected chi connectivity index (χ0v) is 24.7. The van der Waals surface area contributed by atoms with E-state index in [2.05, 4.69) is 0 Å². The number of rotatable bonds is 5. The number of alkyl halides is 6. The molecule has 1 fully saturated rings. The number of likely N-dealkylation sites (tertiary alicyclic amines) is 1. The first kappa shape index (κ1) is 32.9. The zero-order valence-electron chi connectivity index (χ0n) is 23.0. The summed E-state index contributed by atoms with van der Waals surface area (Å²) in [6, 6.07) is 5.74. The van der Waals surface area contributed by atoms with E-state index in [9.17, 15) is 48.0 Å². The van der Waals surface area contributed by atoms with Gasteiger partial charge in [0.15, 0.2) is 19.7 Å². The summed E-state index contributed by atoms with van der Waals surface area (Å²) in [4.78, 5) is 13.5. The van der Waals surface area contributed by atoms with E-state index >= 15 is 0 Å². The lowest BCUT2D eigenvalue weighted by atomic mass is 9.85. The average molecular weight is 628 g/mol. The average Bonchev–Trinajstić information content (AvgIpc) is 2.86. The predicted molar refractivity (Wildman–Crippen MR) is 140 cm³/mol. The van der Waals surface area contributed by atoms with Gasteiger partial charge in [-0.1, -0.05) is 0 Å². The first-order valence-electron chi connectivity index (χ1n) is 12.6. The number of amides is 1. The number of nitrogens with zero attached hydrogens (tertiary/aromatic N) is 1. The van der Waals surface area contributed by atoms with Crippen molar-refractivity contribution in [1.82, 2.24) is 4.90 Å². The summed E-state index contributed by atoms with van der Waals surface area (Å²) in [6.07, 6.45) is -10.1. The van der Waals surface area contributed by atoms with Crippen LogP contribution in [0.1, 0.15) is 68.9 Å². The molecule has 228 valence electrons. The van der Waals surface area contributed by atoms with Crippen LogP contribution in [0.3, 0.4) is 0 Å². The van der Waals surface area contributed by atoms with Gasteiger partial charge < -0.3 is 4.90 Å². The molecule has 0 aliphatic carbocycles. The fourth-order valence-electron chi connectivity index (χ4n) is 4.70. The molecule has 0 unspecified atom stereocenters. The van der Waals surface area contributed by atoms with Crippen molar-refractivity contribution in [1.29, 1.82) is 0 Å². The Bertz CT molecular complexity index is 1480.